The van der Waals surface area contributed by atoms with Gasteiger partial charge in [0.2, 0.25) is 0 Å². The minimum Gasteiger partial charge on any atom is -0.477 e. The number of rotatable bonds is 3. The molecule has 0 radical (unpaired) electrons. The molecule has 0 atom stereocenters. The quantitative estimate of drug-likeness (QED) is 0.871. The Bertz CT molecular complexity index is 359. The Hall–Kier alpha value is -1.01. The summed E-state index contributed by atoms with van der Waals surface area (Å²) in [6.45, 7) is 2.70. The summed E-state index contributed by atoms with van der Waals surface area (Å²) in [5.74, 6) is -0.917. The molecule has 0 aromatic carbocycles. The van der Waals surface area contributed by atoms with Crippen LogP contribution in [0.2, 0.25) is 0 Å². The van der Waals surface area contributed by atoms with E-state index in [1.807, 2.05) is 0 Å². The SMILES string of the molecule is O=C(O)c1snnc1CN1CCCCCC1. The Morgan fingerprint density at radius 1 is 1.31 bits per heavy atom. The lowest BCUT2D eigenvalue weighted by atomic mass is 10.2. The first kappa shape index (κ1) is 11.5. The fraction of sp³-hybridized carbons (Fsp3) is 0.700. The highest BCUT2D eigenvalue weighted by molar-refractivity contribution is 7.07. The predicted octanol–water partition coefficient (Wildman–Crippen LogP) is 1.61. The molecule has 1 aliphatic heterocycles. The van der Waals surface area contributed by atoms with Crippen molar-refractivity contribution in [1.29, 1.82) is 0 Å². The van der Waals surface area contributed by atoms with Crippen LogP contribution in [0.25, 0.3) is 0 Å². The van der Waals surface area contributed by atoms with E-state index in [0.29, 0.717) is 12.2 Å². The van der Waals surface area contributed by atoms with E-state index in [2.05, 4.69) is 14.5 Å². The Balaban J connectivity index is 2.01. The lowest BCUT2D eigenvalue weighted by Gasteiger charge is -2.18. The maximum atomic E-state index is 10.9. The van der Waals surface area contributed by atoms with Gasteiger partial charge in [-0.3, -0.25) is 4.90 Å². The van der Waals surface area contributed by atoms with Gasteiger partial charge in [-0.05, 0) is 37.5 Å². The zero-order chi connectivity index (χ0) is 11.4. The second-order valence-corrected chi connectivity index (χ2v) is 4.80. The molecule has 1 saturated heterocycles. The molecule has 2 rings (SSSR count). The summed E-state index contributed by atoms with van der Waals surface area (Å²) in [5.41, 5.74) is 0.611. The maximum absolute atomic E-state index is 10.9. The fourth-order valence-electron chi connectivity index (χ4n) is 1.98. The van der Waals surface area contributed by atoms with E-state index >= 15 is 0 Å². The first-order valence-electron chi connectivity index (χ1n) is 5.54. The molecule has 0 aliphatic carbocycles. The second-order valence-electron chi connectivity index (χ2n) is 4.04. The third-order valence-corrected chi connectivity index (χ3v) is 3.58. The first-order chi connectivity index (χ1) is 7.77. The molecule has 0 unspecified atom stereocenters. The molecule has 0 spiro atoms. The summed E-state index contributed by atoms with van der Waals surface area (Å²) in [6, 6.07) is 0. The molecule has 16 heavy (non-hydrogen) atoms. The standard InChI is InChI=1S/C10H15N3O2S/c14-10(15)9-8(11-12-16-9)7-13-5-3-1-2-4-6-13/h1-7H2,(H,14,15). The highest BCUT2D eigenvalue weighted by Crippen LogP contribution is 2.16. The van der Waals surface area contributed by atoms with Crippen LogP contribution in [0.3, 0.4) is 0 Å². The van der Waals surface area contributed by atoms with Crippen molar-refractivity contribution in [2.24, 2.45) is 0 Å². The average molecular weight is 241 g/mol. The maximum Gasteiger partial charge on any atom is 0.349 e. The topological polar surface area (TPSA) is 66.3 Å². The third-order valence-electron chi connectivity index (χ3n) is 2.82. The molecule has 2 heterocycles. The van der Waals surface area contributed by atoms with Crippen LogP contribution in [0.4, 0.5) is 0 Å². The van der Waals surface area contributed by atoms with Crippen LogP contribution >= 0.6 is 11.5 Å². The van der Waals surface area contributed by atoms with E-state index in [-0.39, 0.29) is 4.88 Å². The predicted molar refractivity (Wildman–Crippen MR) is 60.6 cm³/mol. The highest BCUT2D eigenvalue weighted by atomic mass is 32.1. The molecule has 0 amide bonds. The van der Waals surface area contributed by atoms with Crippen LogP contribution in [0.5, 0.6) is 0 Å². The van der Waals surface area contributed by atoms with Crippen molar-refractivity contribution in [3.05, 3.63) is 10.6 Å². The molecule has 0 bridgehead atoms. The molecule has 1 aliphatic rings. The van der Waals surface area contributed by atoms with Crippen LogP contribution in [0.15, 0.2) is 0 Å². The number of hydrogen-bond acceptors (Lipinski definition) is 5. The number of carboxylic acids is 1. The molecule has 6 heteroatoms. The van der Waals surface area contributed by atoms with Crippen LogP contribution in [0, 0.1) is 0 Å². The lowest BCUT2D eigenvalue weighted by molar-refractivity contribution is 0.0699. The van der Waals surface area contributed by atoms with E-state index in [1.54, 1.807) is 0 Å². The van der Waals surface area contributed by atoms with Crippen LogP contribution < -0.4 is 0 Å². The minimum absolute atomic E-state index is 0.282. The average Bonchev–Trinajstić information content (AvgIpc) is 2.55. The molecule has 1 fully saturated rings. The zero-order valence-corrected chi connectivity index (χ0v) is 9.87. The highest BCUT2D eigenvalue weighted by Gasteiger charge is 2.18. The monoisotopic (exact) mass is 241 g/mol. The normalized spacial score (nSPS) is 18.2. The summed E-state index contributed by atoms with van der Waals surface area (Å²) in [7, 11) is 0. The van der Waals surface area contributed by atoms with E-state index in [4.69, 9.17) is 5.11 Å². The summed E-state index contributed by atoms with van der Waals surface area (Å²) in [4.78, 5) is 13.5. The van der Waals surface area contributed by atoms with Gasteiger partial charge in [-0.2, -0.15) is 0 Å². The first-order valence-corrected chi connectivity index (χ1v) is 6.31. The Morgan fingerprint density at radius 2 is 2.00 bits per heavy atom. The molecule has 1 aromatic heterocycles. The van der Waals surface area contributed by atoms with E-state index in [9.17, 15) is 4.79 Å². The van der Waals surface area contributed by atoms with Gasteiger partial charge in [-0.25, -0.2) is 4.79 Å². The number of carboxylic acid groups (broad SMARTS) is 1. The Kier molecular flexibility index (Phi) is 3.84. The number of likely N-dealkylation sites (tertiary alicyclic amines) is 1. The molecule has 1 aromatic rings. The Morgan fingerprint density at radius 3 is 2.62 bits per heavy atom. The van der Waals surface area contributed by atoms with Gasteiger partial charge in [0.15, 0.2) is 4.88 Å². The Labute approximate surface area is 98.2 Å². The van der Waals surface area contributed by atoms with Crippen molar-refractivity contribution < 1.29 is 9.90 Å². The third kappa shape index (κ3) is 2.76. The number of carbonyl (C=O) groups is 1. The smallest absolute Gasteiger partial charge is 0.349 e. The fourth-order valence-corrected chi connectivity index (χ4v) is 2.49. The van der Waals surface area contributed by atoms with Crippen molar-refractivity contribution in [3.8, 4) is 0 Å². The molecule has 1 N–H and O–H groups in total. The van der Waals surface area contributed by atoms with Crippen molar-refractivity contribution in [2.45, 2.75) is 32.2 Å². The lowest BCUT2D eigenvalue weighted by Crippen LogP contribution is -2.25. The summed E-state index contributed by atoms with van der Waals surface area (Å²) in [5, 5.41) is 12.9. The number of nitrogens with zero attached hydrogens (tertiary/aromatic N) is 3. The minimum atomic E-state index is -0.917. The molecule has 0 saturated carbocycles. The number of aromatic nitrogens is 2. The van der Waals surface area contributed by atoms with Crippen LogP contribution in [-0.4, -0.2) is 38.7 Å². The summed E-state index contributed by atoms with van der Waals surface area (Å²) < 4.78 is 3.72. The van der Waals surface area contributed by atoms with Gasteiger partial charge < -0.3 is 5.11 Å². The van der Waals surface area contributed by atoms with Crippen LogP contribution in [0.1, 0.15) is 41.0 Å². The summed E-state index contributed by atoms with van der Waals surface area (Å²) >= 11 is 0.964. The van der Waals surface area contributed by atoms with Gasteiger partial charge in [0.1, 0.15) is 5.69 Å². The van der Waals surface area contributed by atoms with Gasteiger partial charge >= 0.3 is 5.97 Å². The van der Waals surface area contributed by atoms with Gasteiger partial charge in [-0.15, -0.1) is 5.10 Å². The van der Waals surface area contributed by atoms with Gasteiger partial charge in [0.05, 0.1) is 0 Å². The van der Waals surface area contributed by atoms with Crippen molar-refractivity contribution >= 4 is 17.5 Å². The zero-order valence-electron chi connectivity index (χ0n) is 9.06. The van der Waals surface area contributed by atoms with E-state index < -0.39 is 5.97 Å². The van der Waals surface area contributed by atoms with Gasteiger partial charge in [0, 0.05) is 6.54 Å². The largest absolute Gasteiger partial charge is 0.477 e. The van der Waals surface area contributed by atoms with E-state index in [0.717, 1.165) is 24.6 Å². The van der Waals surface area contributed by atoms with Gasteiger partial charge in [0.25, 0.3) is 0 Å². The number of hydrogen-bond donors (Lipinski definition) is 1. The molecular weight excluding hydrogens is 226 g/mol. The summed E-state index contributed by atoms with van der Waals surface area (Å²) in [6.07, 6.45) is 4.94. The second kappa shape index (κ2) is 5.36. The molecule has 88 valence electrons. The number of aromatic carboxylic acids is 1. The van der Waals surface area contributed by atoms with E-state index in [1.165, 1.54) is 25.7 Å². The molecular formula is C10H15N3O2S. The molecule has 5 nitrogen and oxygen atoms in total. The van der Waals surface area contributed by atoms with Crippen molar-refractivity contribution in [2.75, 3.05) is 13.1 Å². The van der Waals surface area contributed by atoms with Crippen molar-refractivity contribution in [3.63, 3.8) is 0 Å². The van der Waals surface area contributed by atoms with Crippen LogP contribution in [-0.2, 0) is 6.54 Å². The van der Waals surface area contributed by atoms with Gasteiger partial charge in [-0.1, -0.05) is 17.3 Å². The van der Waals surface area contributed by atoms with Crippen molar-refractivity contribution in [1.82, 2.24) is 14.5 Å².